The van der Waals surface area contributed by atoms with E-state index in [-0.39, 0.29) is 18.4 Å². The first-order chi connectivity index (χ1) is 12.4. The molecular weight excluding hydrogens is 349 g/mol. The second kappa shape index (κ2) is 7.69. The minimum atomic E-state index is -4.52. The minimum Gasteiger partial charge on any atom is -0.368 e. The summed E-state index contributed by atoms with van der Waals surface area (Å²) >= 11 is 0. The third kappa shape index (κ3) is 4.69. The molecule has 0 bridgehead atoms. The van der Waals surface area contributed by atoms with Crippen LogP contribution < -0.4 is 10.6 Å². The standard InChI is InChI=1S/C17H17F3N4O2/c18-17(19,20)14-6-7-21-16(24-14)22-10-11-3-1-4-12(9-11)23-15(25)13-5-2-8-26-13/h1,3-4,6-7,9,13H,2,5,8,10H2,(H,23,25)(H,21,22,24)/t13-/m1/s1. The predicted molar refractivity (Wildman–Crippen MR) is 88.4 cm³/mol. The smallest absolute Gasteiger partial charge is 0.368 e. The van der Waals surface area contributed by atoms with E-state index in [9.17, 15) is 18.0 Å². The Morgan fingerprint density at radius 1 is 1.31 bits per heavy atom. The Morgan fingerprint density at radius 2 is 2.15 bits per heavy atom. The lowest BCUT2D eigenvalue weighted by Gasteiger charge is -2.12. The molecule has 2 aromatic rings. The number of hydrogen-bond donors (Lipinski definition) is 2. The number of carbonyl (C=O) groups excluding carboxylic acids is 1. The summed E-state index contributed by atoms with van der Waals surface area (Å²) in [7, 11) is 0. The van der Waals surface area contributed by atoms with Gasteiger partial charge in [0.15, 0.2) is 0 Å². The van der Waals surface area contributed by atoms with Gasteiger partial charge >= 0.3 is 6.18 Å². The quantitative estimate of drug-likeness (QED) is 0.850. The van der Waals surface area contributed by atoms with E-state index in [1.165, 1.54) is 0 Å². The Labute approximate surface area is 147 Å². The van der Waals surface area contributed by atoms with Gasteiger partial charge in [-0.25, -0.2) is 9.97 Å². The molecule has 2 heterocycles. The fourth-order valence-corrected chi connectivity index (χ4v) is 2.55. The van der Waals surface area contributed by atoms with Gasteiger partial charge in [-0.1, -0.05) is 12.1 Å². The monoisotopic (exact) mass is 366 g/mol. The number of amides is 1. The van der Waals surface area contributed by atoms with Gasteiger partial charge in [0.2, 0.25) is 5.95 Å². The van der Waals surface area contributed by atoms with Crippen molar-refractivity contribution in [3.63, 3.8) is 0 Å². The van der Waals surface area contributed by atoms with Crippen LogP contribution in [0.25, 0.3) is 0 Å². The first-order valence-corrected chi connectivity index (χ1v) is 8.07. The highest BCUT2D eigenvalue weighted by molar-refractivity contribution is 5.94. The molecule has 0 radical (unpaired) electrons. The van der Waals surface area contributed by atoms with E-state index in [1.54, 1.807) is 24.3 Å². The van der Waals surface area contributed by atoms with Crippen LogP contribution in [0.1, 0.15) is 24.1 Å². The maximum absolute atomic E-state index is 12.7. The van der Waals surface area contributed by atoms with Crippen LogP contribution in [0.15, 0.2) is 36.5 Å². The fourth-order valence-electron chi connectivity index (χ4n) is 2.55. The largest absolute Gasteiger partial charge is 0.433 e. The molecule has 1 fully saturated rings. The van der Waals surface area contributed by atoms with Gasteiger partial charge in [0, 0.05) is 25.0 Å². The van der Waals surface area contributed by atoms with Gasteiger partial charge in [-0.2, -0.15) is 13.2 Å². The first-order valence-electron chi connectivity index (χ1n) is 8.07. The van der Waals surface area contributed by atoms with Gasteiger partial charge in [0.1, 0.15) is 11.8 Å². The third-order valence-electron chi connectivity index (χ3n) is 3.81. The summed E-state index contributed by atoms with van der Waals surface area (Å²) in [5.74, 6) is -0.317. The average Bonchev–Trinajstić information content (AvgIpc) is 3.15. The van der Waals surface area contributed by atoms with Gasteiger partial charge in [-0.15, -0.1) is 0 Å². The fraction of sp³-hybridized carbons (Fsp3) is 0.353. The van der Waals surface area contributed by atoms with Gasteiger partial charge in [0.05, 0.1) is 0 Å². The van der Waals surface area contributed by atoms with Gasteiger partial charge in [-0.05, 0) is 36.6 Å². The molecule has 1 saturated heterocycles. The van der Waals surface area contributed by atoms with Crippen LogP contribution in [0.4, 0.5) is 24.8 Å². The zero-order valence-electron chi connectivity index (χ0n) is 13.7. The maximum Gasteiger partial charge on any atom is 0.433 e. The topological polar surface area (TPSA) is 76.1 Å². The Balaban J connectivity index is 1.61. The Morgan fingerprint density at radius 3 is 2.88 bits per heavy atom. The number of aromatic nitrogens is 2. The number of halogens is 3. The predicted octanol–water partition coefficient (Wildman–Crippen LogP) is 3.23. The highest BCUT2D eigenvalue weighted by atomic mass is 19.4. The minimum absolute atomic E-state index is 0.117. The van der Waals surface area contributed by atoms with E-state index in [0.29, 0.717) is 18.7 Å². The lowest BCUT2D eigenvalue weighted by atomic mass is 10.2. The molecule has 1 atom stereocenters. The van der Waals surface area contributed by atoms with E-state index in [2.05, 4.69) is 20.6 Å². The number of benzene rings is 1. The van der Waals surface area contributed by atoms with Crippen molar-refractivity contribution < 1.29 is 22.7 Å². The summed E-state index contributed by atoms with van der Waals surface area (Å²) in [5, 5.41) is 5.53. The molecule has 0 aliphatic carbocycles. The van der Waals surface area contributed by atoms with Crippen LogP contribution in [-0.4, -0.2) is 28.6 Å². The highest BCUT2D eigenvalue weighted by Gasteiger charge is 2.32. The summed E-state index contributed by atoms with van der Waals surface area (Å²) in [6.45, 7) is 0.796. The van der Waals surface area contributed by atoms with Crippen LogP contribution in [0.5, 0.6) is 0 Å². The first kappa shape index (κ1) is 18.1. The summed E-state index contributed by atoms with van der Waals surface area (Å²) in [6.07, 6.45) is -2.35. The van der Waals surface area contributed by atoms with Crippen LogP contribution in [0.3, 0.4) is 0 Å². The van der Waals surface area contributed by atoms with Crippen molar-refractivity contribution in [2.24, 2.45) is 0 Å². The molecule has 9 heteroatoms. The molecule has 0 unspecified atom stereocenters. The van der Waals surface area contributed by atoms with Crippen molar-refractivity contribution in [1.82, 2.24) is 9.97 Å². The number of anilines is 2. The summed E-state index contributed by atoms with van der Waals surface area (Å²) in [5.41, 5.74) is 0.346. The molecule has 138 valence electrons. The molecule has 6 nitrogen and oxygen atoms in total. The molecule has 0 spiro atoms. The van der Waals surface area contributed by atoms with E-state index in [1.807, 2.05) is 0 Å². The number of ether oxygens (including phenoxy) is 1. The van der Waals surface area contributed by atoms with Crippen molar-refractivity contribution in [2.75, 3.05) is 17.2 Å². The molecule has 2 N–H and O–H groups in total. The van der Waals surface area contributed by atoms with E-state index < -0.39 is 18.0 Å². The lowest BCUT2D eigenvalue weighted by molar-refractivity contribution is -0.141. The van der Waals surface area contributed by atoms with Gasteiger partial charge in [0.25, 0.3) is 5.91 Å². The molecule has 1 aromatic heterocycles. The molecule has 1 aliphatic rings. The number of hydrogen-bond acceptors (Lipinski definition) is 5. The van der Waals surface area contributed by atoms with Crippen molar-refractivity contribution in [2.45, 2.75) is 31.7 Å². The molecule has 1 amide bonds. The number of nitrogens with one attached hydrogen (secondary N) is 2. The summed E-state index contributed by atoms with van der Waals surface area (Å²) in [4.78, 5) is 19.3. The van der Waals surface area contributed by atoms with Crippen molar-refractivity contribution in [3.8, 4) is 0 Å². The van der Waals surface area contributed by atoms with E-state index in [4.69, 9.17) is 4.74 Å². The van der Waals surface area contributed by atoms with Crippen LogP contribution in [0, 0.1) is 0 Å². The molecule has 1 aliphatic heterocycles. The second-order valence-corrected chi connectivity index (χ2v) is 5.81. The molecule has 26 heavy (non-hydrogen) atoms. The Hall–Kier alpha value is -2.68. The molecular formula is C17H17F3N4O2. The number of nitrogens with zero attached hydrogens (tertiary/aromatic N) is 2. The van der Waals surface area contributed by atoms with Crippen molar-refractivity contribution in [1.29, 1.82) is 0 Å². The molecule has 3 rings (SSSR count). The number of alkyl halides is 3. The normalized spacial score (nSPS) is 17.1. The van der Waals surface area contributed by atoms with Crippen molar-refractivity contribution in [3.05, 3.63) is 47.8 Å². The highest BCUT2D eigenvalue weighted by Crippen LogP contribution is 2.27. The van der Waals surface area contributed by atoms with E-state index >= 15 is 0 Å². The summed E-state index contributed by atoms with van der Waals surface area (Å²) < 4.78 is 43.3. The zero-order valence-corrected chi connectivity index (χ0v) is 13.7. The Bertz CT molecular complexity index is 777. The van der Waals surface area contributed by atoms with Gasteiger partial charge in [-0.3, -0.25) is 4.79 Å². The van der Waals surface area contributed by atoms with Crippen LogP contribution >= 0.6 is 0 Å². The SMILES string of the molecule is O=C(Nc1cccc(CNc2nccc(C(F)(F)F)n2)c1)[C@H]1CCCO1. The number of carbonyl (C=O) groups is 1. The average molecular weight is 366 g/mol. The van der Waals surface area contributed by atoms with Crippen molar-refractivity contribution >= 4 is 17.5 Å². The summed E-state index contributed by atoms with van der Waals surface area (Å²) in [6, 6.07) is 7.80. The third-order valence-corrected chi connectivity index (χ3v) is 3.81. The zero-order chi connectivity index (χ0) is 18.6. The van der Waals surface area contributed by atoms with E-state index in [0.717, 1.165) is 24.2 Å². The van der Waals surface area contributed by atoms with Gasteiger partial charge < -0.3 is 15.4 Å². The van der Waals surface area contributed by atoms with Crippen LogP contribution in [0.2, 0.25) is 0 Å². The number of rotatable bonds is 5. The second-order valence-electron chi connectivity index (χ2n) is 5.81. The Kier molecular flexibility index (Phi) is 5.36. The van der Waals surface area contributed by atoms with Crippen LogP contribution in [-0.2, 0) is 22.3 Å². The maximum atomic E-state index is 12.7. The molecule has 0 saturated carbocycles. The molecule has 1 aromatic carbocycles. The lowest BCUT2D eigenvalue weighted by Crippen LogP contribution is -2.26.